The van der Waals surface area contributed by atoms with Crippen LogP contribution < -0.4 is 0 Å². The standard InChI is InChI=1S/C15H25NO4/c1-11(2)14(18)16-8-6-13(7-9-16)15(19)20-10-4-5-12(3)17/h11,13H,4-10H2,1-3H3. The molecule has 0 atom stereocenters. The maximum Gasteiger partial charge on any atom is 0.309 e. The lowest BCUT2D eigenvalue weighted by atomic mass is 9.96. The summed E-state index contributed by atoms with van der Waals surface area (Å²) in [6.45, 7) is 6.87. The molecule has 1 saturated heterocycles. The van der Waals surface area contributed by atoms with Crippen LogP contribution in [0.1, 0.15) is 46.5 Å². The maximum atomic E-state index is 11.8. The number of rotatable bonds is 6. The molecule has 0 aromatic heterocycles. The van der Waals surface area contributed by atoms with Gasteiger partial charge in [0.2, 0.25) is 5.91 Å². The SMILES string of the molecule is CC(=O)CCCOC(=O)C1CCN(C(=O)C(C)C)CC1. The van der Waals surface area contributed by atoms with Crippen molar-refractivity contribution in [2.45, 2.75) is 46.5 Å². The monoisotopic (exact) mass is 283 g/mol. The van der Waals surface area contributed by atoms with Gasteiger partial charge in [-0.1, -0.05) is 13.8 Å². The Morgan fingerprint density at radius 3 is 2.30 bits per heavy atom. The van der Waals surface area contributed by atoms with Crippen LogP contribution in [0.25, 0.3) is 0 Å². The molecular formula is C15H25NO4. The van der Waals surface area contributed by atoms with Crippen LogP contribution in [0.2, 0.25) is 0 Å². The van der Waals surface area contributed by atoms with Crippen LogP contribution in [0, 0.1) is 11.8 Å². The first kappa shape index (κ1) is 16.7. The molecule has 0 spiro atoms. The molecule has 1 amide bonds. The number of nitrogens with zero attached hydrogens (tertiary/aromatic N) is 1. The molecule has 20 heavy (non-hydrogen) atoms. The van der Waals surface area contributed by atoms with E-state index in [0.717, 1.165) is 0 Å². The van der Waals surface area contributed by atoms with Gasteiger partial charge in [-0.2, -0.15) is 0 Å². The van der Waals surface area contributed by atoms with E-state index in [1.165, 1.54) is 6.92 Å². The molecule has 1 aliphatic rings. The number of amides is 1. The zero-order valence-corrected chi connectivity index (χ0v) is 12.7. The zero-order valence-electron chi connectivity index (χ0n) is 12.7. The number of esters is 1. The minimum atomic E-state index is -0.190. The second-order valence-corrected chi connectivity index (χ2v) is 5.73. The van der Waals surface area contributed by atoms with Gasteiger partial charge in [0.05, 0.1) is 12.5 Å². The summed E-state index contributed by atoms with van der Waals surface area (Å²) < 4.78 is 5.18. The predicted octanol–water partition coefficient (Wildman–Crippen LogP) is 1.79. The van der Waals surface area contributed by atoms with Gasteiger partial charge >= 0.3 is 5.97 Å². The van der Waals surface area contributed by atoms with Gasteiger partial charge in [-0.15, -0.1) is 0 Å². The third-order valence-corrected chi connectivity index (χ3v) is 3.55. The van der Waals surface area contributed by atoms with Crippen LogP contribution in [-0.4, -0.2) is 42.3 Å². The summed E-state index contributed by atoms with van der Waals surface area (Å²) in [7, 11) is 0. The molecule has 5 nitrogen and oxygen atoms in total. The molecule has 114 valence electrons. The molecule has 1 fully saturated rings. The van der Waals surface area contributed by atoms with Crippen molar-refractivity contribution in [3.8, 4) is 0 Å². The van der Waals surface area contributed by atoms with Gasteiger partial charge in [0.25, 0.3) is 0 Å². The van der Waals surface area contributed by atoms with E-state index in [-0.39, 0.29) is 29.5 Å². The Balaban J connectivity index is 2.25. The number of hydrogen-bond acceptors (Lipinski definition) is 4. The number of Topliss-reactive ketones (excluding diaryl/α,β-unsaturated/α-hetero) is 1. The van der Waals surface area contributed by atoms with Crippen LogP contribution in [0.3, 0.4) is 0 Å². The van der Waals surface area contributed by atoms with Crippen molar-refractivity contribution in [3.63, 3.8) is 0 Å². The van der Waals surface area contributed by atoms with Crippen molar-refractivity contribution in [2.24, 2.45) is 11.8 Å². The summed E-state index contributed by atoms with van der Waals surface area (Å²) in [5, 5.41) is 0. The van der Waals surface area contributed by atoms with Gasteiger partial charge in [0.15, 0.2) is 0 Å². The fraction of sp³-hybridized carbons (Fsp3) is 0.800. The second-order valence-electron chi connectivity index (χ2n) is 5.73. The smallest absolute Gasteiger partial charge is 0.309 e. The number of ether oxygens (including phenoxy) is 1. The first-order chi connectivity index (χ1) is 9.41. The number of piperidine rings is 1. The van der Waals surface area contributed by atoms with Crippen LogP contribution in [0.4, 0.5) is 0 Å². The molecule has 0 radical (unpaired) electrons. The van der Waals surface area contributed by atoms with Gasteiger partial charge in [0.1, 0.15) is 5.78 Å². The Labute approximate surface area is 120 Å². The molecule has 1 heterocycles. The largest absolute Gasteiger partial charge is 0.465 e. The van der Waals surface area contributed by atoms with Crippen LogP contribution in [0.15, 0.2) is 0 Å². The highest BCUT2D eigenvalue weighted by Crippen LogP contribution is 2.20. The van der Waals surface area contributed by atoms with E-state index in [4.69, 9.17) is 4.74 Å². The molecule has 0 aromatic carbocycles. The van der Waals surface area contributed by atoms with Crippen molar-refractivity contribution in [1.82, 2.24) is 4.90 Å². The van der Waals surface area contributed by atoms with E-state index in [2.05, 4.69) is 0 Å². The van der Waals surface area contributed by atoms with Gasteiger partial charge in [-0.25, -0.2) is 0 Å². The predicted molar refractivity (Wildman–Crippen MR) is 75.0 cm³/mol. The van der Waals surface area contributed by atoms with Gasteiger partial charge < -0.3 is 14.4 Å². The zero-order chi connectivity index (χ0) is 15.1. The number of ketones is 1. The molecule has 0 N–H and O–H groups in total. The number of carbonyl (C=O) groups is 3. The van der Waals surface area contributed by atoms with E-state index >= 15 is 0 Å². The first-order valence-electron chi connectivity index (χ1n) is 7.36. The lowest BCUT2D eigenvalue weighted by molar-refractivity contribution is -0.152. The highest BCUT2D eigenvalue weighted by Gasteiger charge is 2.28. The lowest BCUT2D eigenvalue weighted by Gasteiger charge is -2.32. The highest BCUT2D eigenvalue weighted by molar-refractivity contribution is 5.79. The third kappa shape index (κ3) is 5.31. The average Bonchev–Trinajstić information content (AvgIpc) is 2.42. The van der Waals surface area contributed by atoms with E-state index in [1.807, 2.05) is 18.7 Å². The van der Waals surface area contributed by atoms with Crippen molar-refractivity contribution in [1.29, 1.82) is 0 Å². The summed E-state index contributed by atoms with van der Waals surface area (Å²) in [6.07, 6.45) is 2.38. The van der Waals surface area contributed by atoms with Crippen molar-refractivity contribution >= 4 is 17.7 Å². The molecule has 0 aliphatic carbocycles. The minimum absolute atomic E-state index is 0.00471. The molecule has 1 aliphatic heterocycles. The fourth-order valence-corrected chi connectivity index (χ4v) is 2.31. The molecule has 0 unspecified atom stereocenters. The fourth-order valence-electron chi connectivity index (χ4n) is 2.31. The highest BCUT2D eigenvalue weighted by atomic mass is 16.5. The molecular weight excluding hydrogens is 258 g/mol. The van der Waals surface area contributed by atoms with E-state index in [0.29, 0.717) is 45.4 Å². The van der Waals surface area contributed by atoms with E-state index in [1.54, 1.807) is 0 Å². The Hall–Kier alpha value is -1.39. The summed E-state index contributed by atoms with van der Waals surface area (Å²) >= 11 is 0. The number of likely N-dealkylation sites (tertiary alicyclic amines) is 1. The van der Waals surface area contributed by atoms with Crippen LogP contribution in [0.5, 0.6) is 0 Å². The van der Waals surface area contributed by atoms with Gasteiger partial charge in [-0.3, -0.25) is 9.59 Å². The molecule has 0 saturated carbocycles. The third-order valence-electron chi connectivity index (χ3n) is 3.55. The van der Waals surface area contributed by atoms with Gasteiger partial charge in [-0.05, 0) is 26.2 Å². The van der Waals surface area contributed by atoms with Crippen molar-refractivity contribution in [3.05, 3.63) is 0 Å². The summed E-state index contributed by atoms with van der Waals surface area (Å²) in [5.41, 5.74) is 0. The quantitative estimate of drug-likeness (QED) is 0.551. The van der Waals surface area contributed by atoms with Crippen molar-refractivity contribution in [2.75, 3.05) is 19.7 Å². The Morgan fingerprint density at radius 2 is 1.80 bits per heavy atom. The molecule has 5 heteroatoms. The van der Waals surface area contributed by atoms with Crippen LogP contribution >= 0.6 is 0 Å². The van der Waals surface area contributed by atoms with Gasteiger partial charge in [0, 0.05) is 25.4 Å². The second kappa shape index (κ2) is 8.02. The Kier molecular flexibility index (Phi) is 6.68. The lowest BCUT2D eigenvalue weighted by Crippen LogP contribution is -2.42. The van der Waals surface area contributed by atoms with Crippen LogP contribution in [-0.2, 0) is 19.1 Å². The van der Waals surface area contributed by atoms with Crippen molar-refractivity contribution < 1.29 is 19.1 Å². The molecule has 0 aromatic rings. The normalized spacial score (nSPS) is 16.3. The van der Waals surface area contributed by atoms with E-state index < -0.39 is 0 Å². The summed E-state index contributed by atoms with van der Waals surface area (Å²) in [5.74, 6) is -0.0290. The topological polar surface area (TPSA) is 63.7 Å². The number of carbonyl (C=O) groups excluding carboxylic acids is 3. The molecule has 0 bridgehead atoms. The summed E-state index contributed by atoms with van der Waals surface area (Å²) in [4.78, 5) is 36.3. The average molecular weight is 283 g/mol. The first-order valence-corrected chi connectivity index (χ1v) is 7.36. The molecule has 1 rings (SSSR count). The maximum absolute atomic E-state index is 11.8. The summed E-state index contributed by atoms with van der Waals surface area (Å²) in [6, 6.07) is 0. The Bertz CT molecular complexity index is 357. The van der Waals surface area contributed by atoms with E-state index in [9.17, 15) is 14.4 Å². The minimum Gasteiger partial charge on any atom is -0.465 e. The number of hydrogen-bond donors (Lipinski definition) is 0. The Morgan fingerprint density at radius 1 is 1.20 bits per heavy atom.